The highest BCUT2D eigenvalue weighted by Gasteiger charge is 2.37. The molecule has 2 aliphatic rings. The smallest absolute Gasteiger partial charge is 0.249 e. The molecule has 150 valence electrons. The summed E-state index contributed by atoms with van der Waals surface area (Å²) in [7, 11) is 0. The van der Waals surface area contributed by atoms with Gasteiger partial charge in [0.25, 0.3) is 0 Å². The van der Waals surface area contributed by atoms with Crippen LogP contribution < -0.4 is 0 Å². The maximum atomic E-state index is 13.0. The second kappa shape index (κ2) is 9.32. The summed E-state index contributed by atoms with van der Waals surface area (Å²) < 4.78 is 11.2. The molecule has 1 unspecified atom stereocenters. The molecule has 1 aromatic heterocycles. The quantitative estimate of drug-likeness (QED) is 0.674. The van der Waals surface area contributed by atoms with Crippen molar-refractivity contribution in [2.24, 2.45) is 5.92 Å². The molecule has 1 aromatic carbocycles. The molecule has 6 heteroatoms. The molecule has 2 heterocycles. The standard InChI is InChI=1S/C22H29N3O3/c26-22(18-10-5-2-6-11-18)25-14-7-12-19(25)21-23-20(24-28-21)13-15-27-16-17-8-3-1-4-9-17/h1,3-4,8-9,18-19H,2,5-7,10-16H2. The largest absolute Gasteiger partial charge is 0.376 e. The minimum Gasteiger partial charge on any atom is -0.376 e. The van der Waals surface area contributed by atoms with E-state index < -0.39 is 0 Å². The van der Waals surface area contributed by atoms with Gasteiger partial charge in [-0.3, -0.25) is 4.79 Å². The fraction of sp³-hybridized carbons (Fsp3) is 0.591. The van der Waals surface area contributed by atoms with Gasteiger partial charge in [0.2, 0.25) is 11.8 Å². The maximum absolute atomic E-state index is 13.0. The first-order valence-electron chi connectivity index (χ1n) is 10.6. The van der Waals surface area contributed by atoms with Crippen molar-refractivity contribution in [1.29, 1.82) is 0 Å². The van der Waals surface area contributed by atoms with Crippen molar-refractivity contribution in [1.82, 2.24) is 15.0 Å². The number of benzene rings is 1. The summed E-state index contributed by atoms with van der Waals surface area (Å²) in [6, 6.07) is 10.0. The highest BCUT2D eigenvalue weighted by Crippen LogP contribution is 2.35. The Morgan fingerprint density at radius 2 is 1.93 bits per heavy atom. The monoisotopic (exact) mass is 383 g/mol. The zero-order chi connectivity index (χ0) is 19.2. The Kier molecular flexibility index (Phi) is 6.37. The average molecular weight is 383 g/mol. The zero-order valence-corrected chi connectivity index (χ0v) is 16.4. The van der Waals surface area contributed by atoms with Crippen molar-refractivity contribution in [2.45, 2.75) is 64.0 Å². The molecular weight excluding hydrogens is 354 g/mol. The van der Waals surface area contributed by atoms with E-state index in [1.54, 1.807) is 0 Å². The molecule has 2 fully saturated rings. The normalized spacial score (nSPS) is 20.6. The van der Waals surface area contributed by atoms with Gasteiger partial charge in [-0.25, -0.2) is 0 Å². The lowest BCUT2D eigenvalue weighted by atomic mass is 9.88. The van der Waals surface area contributed by atoms with E-state index in [4.69, 9.17) is 9.26 Å². The van der Waals surface area contributed by atoms with E-state index in [2.05, 4.69) is 10.1 Å². The third-order valence-electron chi connectivity index (χ3n) is 5.84. The van der Waals surface area contributed by atoms with Crippen molar-refractivity contribution in [3.63, 3.8) is 0 Å². The Hall–Kier alpha value is -2.21. The minimum atomic E-state index is -0.0547. The number of rotatable bonds is 7. The predicted molar refractivity (Wildman–Crippen MR) is 104 cm³/mol. The van der Waals surface area contributed by atoms with E-state index in [-0.39, 0.29) is 17.9 Å². The van der Waals surface area contributed by atoms with Crippen LogP contribution >= 0.6 is 0 Å². The Morgan fingerprint density at radius 1 is 1.11 bits per heavy atom. The number of likely N-dealkylation sites (tertiary alicyclic amines) is 1. The van der Waals surface area contributed by atoms with Gasteiger partial charge in [-0.05, 0) is 31.2 Å². The summed E-state index contributed by atoms with van der Waals surface area (Å²) in [4.78, 5) is 19.5. The fourth-order valence-corrected chi connectivity index (χ4v) is 4.30. The van der Waals surface area contributed by atoms with Gasteiger partial charge in [0.1, 0.15) is 6.04 Å². The highest BCUT2D eigenvalue weighted by atomic mass is 16.5. The van der Waals surface area contributed by atoms with Crippen LogP contribution in [0.15, 0.2) is 34.9 Å². The topological polar surface area (TPSA) is 68.5 Å². The van der Waals surface area contributed by atoms with Crippen LogP contribution in [-0.4, -0.2) is 34.1 Å². The van der Waals surface area contributed by atoms with Crippen molar-refractivity contribution < 1.29 is 14.1 Å². The number of aromatic nitrogens is 2. The first-order valence-corrected chi connectivity index (χ1v) is 10.6. The molecule has 1 amide bonds. The summed E-state index contributed by atoms with van der Waals surface area (Å²) in [6.45, 7) is 1.93. The van der Waals surface area contributed by atoms with Crippen LogP contribution in [0.5, 0.6) is 0 Å². The average Bonchev–Trinajstić information content (AvgIpc) is 3.41. The highest BCUT2D eigenvalue weighted by molar-refractivity contribution is 5.79. The van der Waals surface area contributed by atoms with Crippen LogP contribution in [0.2, 0.25) is 0 Å². The molecular formula is C22H29N3O3. The third kappa shape index (κ3) is 4.61. The number of hydrogen-bond donors (Lipinski definition) is 0. The SMILES string of the molecule is O=C(C1CCCCC1)N1CCCC1c1nc(CCOCc2ccccc2)no1. The minimum absolute atomic E-state index is 0.0547. The summed E-state index contributed by atoms with van der Waals surface area (Å²) >= 11 is 0. The lowest BCUT2D eigenvalue weighted by Gasteiger charge is -2.29. The van der Waals surface area contributed by atoms with Crippen LogP contribution in [0.25, 0.3) is 0 Å². The summed E-state index contributed by atoms with van der Waals surface area (Å²) in [5.74, 6) is 1.70. The fourth-order valence-electron chi connectivity index (χ4n) is 4.30. The van der Waals surface area contributed by atoms with Gasteiger partial charge < -0.3 is 14.2 Å². The molecule has 0 bridgehead atoms. The van der Waals surface area contributed by atoms with E-state index in [0.29, 0.717) is 31.3 Å². The van der Waals surface area contributed by atoms with Crippen LogP contribution in [0, 0.1) is 5.92 Å². The third-order valence-corrected chi connectivity index (χ3v) is 5.84. The van der Waals surface area contributed by atoms with E-state index in [1.165, 1.54) is 19.3 Å². The second-order valence-electron chi connectivity index (χ2n) is 7.86. The zero-order valence-electron chi connectivity index (χ0n) is 16.4. The van der Waals surface area contributed by atoms with Crippen molar-refractivity contribution in [3.05, 3.63) is 47.6 Å². The van der Waals surface area contributed by atoms with Crippen LogP contribution in [-0.2, 0) is 22.6 Å². The Morgan fingerprint density at radius 3 is 2.75 bits per heavy atom. The Labute approximate surface area is 166 Å². The molecule has 4 rings (SSSR count). The number of carbonyl (C=O) groups excluding carboxylic acids is 1. The molecule has 0 spiro atoms. The molecule has 28 heavy (non-hydrogen) atoms. The molecule has 1 aliphatic carbocycles. The maximum Gasteiger partial charge on any atom is 0.249 e. The number of nitrogens with zero attached hydrogens (tertiary/aromatic N) is 3. The molecule has 1 saturated carbocycles. The molecule has 2 aromatic rings. The van der Waals surface area contributed by atoms with Crippen molar-refractivity contribution in [2.75, 3.05) is 13.2 Å². The second-order valence-corrected chi connectivity index (χ2v) is 7.86. The van der Waals surface area contributed by atoms with Crippen LogP contribution in [0.4, 0.5) is 0 Å². The Balaban J connectivity index is 1.29. The lowest BCUT2D eigenvalue weighted by molar-refractivity contribution is -0.138. The van der Waals surface area contributed by atoms with E-state index in [9.17, 15) is 4.79 Å². The van der Waals surface area contributed by atoms with Crippen molar-refractivity contribution >= 4 is 5.91 Å². The molecule has 1 saturated heterocycles. The Bertz CT molecular complexity index is 755. The van der Waals surface area contributed by atoms with Gasteiger partial charge in [0, 0.05) is 18.9 Å². The van der Waals surface area contributed by atoms with Crippen molar-refractivity contribution in [3.8, 4) is 0 Å². The van der Waals surface area contributed by atoms with E-state index in [0.717, 1.165) is 37.8 Å². The molecule has 0 radical (unpaired) electrons. The summed E-state index contributed by atoms with van der Waals surface area (Å²) in [5.41, 5.74) is 1.15. The van der Waals surface area contributed by atoms with Gasteiger partial charge in [0.15, 0.2) is 5.82 Å². The summed E-state index contributed by atoms with van der Waals surface area (Å²) in [6.07, 6.45) is 8.16. The van der Waals surface area contributed by atoms with Crippen LogP contribution in [0.1, 0.15) is 68.3 Å². The first kappa shape index (κ1) is 19.1. The number of carbonyl (C=O) groups is 1. The molecule has 1 atom stereocenters. The number of hydrogen-bond acceptors (Lipinski definition) is 5. The molecule has 0 N–H and O–H groups in total. The van der Waals surface area contributed by atoms with Gasteiger partial charge in [0.05, 0.1) is 13.2 Å². The van der Waals surface area contributed by atoms with Gasteiger partial charge >= 0.3 is 0 Å². The van der Waals surface area contributed by atoms with Gasteiger partial charge in [-0.2, -0.15) is 4.98 Å². The molecule has 1 aliphatic heterocycles. The van der Waals surface area contributed by atoms with Gasteiger partial charge in [-0.1, -0.05) is 54.8 Å². The first-order chi connectivity index (χ1) is 13.8. The van der Waals surface area contributed by atoms with E-state index in [1.807, 2.05) is 35.2 Å². The number of ether oxygens (including phenoxy) is 1. The number of amides is 1. The lowest BCUT2D eigenvalue weighted by Crippen LogP contribution is -2.36. The summed E-state index contributed by atoms with van der Waals surface area (Å²) in [5, 5.41) is 4.11. The van der Waals surface area contributed by atoms with Crippen LogP contribution in [0.3, 0.4) is 0 Å². The predicted octanol–water partition coefficient (Wildman–Crippen LogP) is 4.07. The molecule has 6 nitrogen and oxygen atoms in total. The van der Waals surface area contributed by atoms with Gasteiger partial charge in [-0.15, -0.1) is 0 Å². The van der Waals surface area contributed by atoms with E-state index >= 15 is 0 Å².